The van der Waals surface area contributed by atoms with Gasteiger partial charge in [0.05, 0.1) is 17.8 Å². The van der Waals surface area contributed by atoms with E-state index in [0.29, 0.717) is 16.8 Å². The van der Waals surface area contributed by atoms with Gasteiger partial charge >= 0.3 is 6.03 Å². The molecule has 1 saturated heterocycles. The number of nitrogens with one attached hydrogen (secondary N) is 4. The summed E-state index contributed by atoms with van der Waals surface area (Å²) < 4.78 is 0. The van der Waals surface area contributed by atoms with E-state index < -0.39 is 75.4 Å². The van der Waals surface area contributed by atoms with Crippen LogP contribution in [0.15, 0.2) is 21.7 Å². The molecule has 1 aromatic rings. The minimum absolute atomic E-state index is 0.114. The zero-order valence-electron chi connectivity index (χ0n) is 32.5. The average Bonchev–Trinajstić information content (AvgIpc) is 3.79. The number of likely N-dealkylation sites (tertiary alicyclic amines) is 1. The van der Waals surface area contributed by atoms with E-state index in [2.05, 4.69) is 27.8 Å². The Labute approximate surface area is 307 Å². The second kappa shape index (κ2) is 15.1. The summed E-state index contributed by atoms with van der Waals surface area (Å²) in [6.45, 7) is 22.0. The number of nitrogens with zero attached hydrogens (tertiary/aromatic N) is 1. The van der Waals surface area contributed by atoms with Crippen molar-refractivity contribution >= 4 is 35.2 Å². The number of nitrogens with two attached hydrogens (primary N) is 1. The first-order chi connectivity index (χ1) is 24.0. The largest absolute Gasteiger partial charge is 0.379 e. The van der Waals surface area contributed by atoms with E-state index in [1.807, 2.05) is 62.3 Å². The number of anilines is 1. The highest BCUT2D eigenvalue weighted by Gasteiger charge is 2.51. The van der Waals surface area contributed by atoms with Crippen molar-refractivity contribution in [2.45, 2.75) is 137 Å². The minimum atomic E-state index is -1.15. The van der Waals surface area contributed by atoms with E-state index in [-0.39, 0.29) is 42.7 Å². The lowest BCUT2D eigenvalue weighted by Gasteiger charge is -2.37. The van der Waals surface area contributed by atoms with Crippen molar-refractivity contribution in [2.75, 3.05) is 18.4 Å². The Bertz CT molecular complexity index is 1650. The minimum Gasteiger partial charge on any atom is -0.379 e. The number of rotatable bonds is 15. The predicted molar refractivity (Wildman–Crippen MR) is 200 cm³/mol. The van der Waals surface area contributed by atoms with Crippen LogP contribution in [-0.4, -0.2) is 71.7 Å². The Balaban J connectivity index is 1.57. The number of primary amides is 1. The molecule has 2 saturated carbocycles. The lowest BCUT2D eigenvalue weighted by atomic mass is 9.73. The molecule has 1 heterocycles. The molecule has 4 rings (SSSR count). The van der Waals surface area contributed by atoms with Gasteiger partial charge in [0.1, 0.15) is 12.1 Å². The summed E-state index contributed by atoms with van der Waals surface area (Å²) in [5.74, 6) is -3.09. The first kappa shape index (κ1) is 40.7. The molecular weight excluding hydrogens is 664 g/mol. The molecule has 1 aliphatic heterocycles. The fourth-order valence-electron chi connectivity index (χ4n) is 7.32. The summed E-state index contributed by atoms with van der Waals surface area (Å²) in [6.07, 6.45) is 5.55. The molecule has 13 heteroatoms. The Kier molecular flexibility index (Phi) is 11.9. The van der Waals surface area contributed by atoms with E-state index in [0.717, 1.165) is 38.5 Å². The Morgan fingerprint density at radius 1 is 0.885 bits per heavy atom. The van der Waals surface area contributed by atoms with Crippen LogP contribution >= 0.6 is 0 Å². The van der Waals surface area contributed by atoms with Crippen LogP contribution in [0.1, 0.15) is 119 Å². The lowest BCUT2D eigenvalue weighted by molar-refractivity contribution is -0.143. The number of carbonyl (C=O) groups excluding carboxylic acids is 5. The Hall–Kier alpha value is -4.03. The van der Waals surface area contributed by atoms with Crippen LogP contribution in [0.3, 0.4) is 0 Å². The maximum absolute atomic E-state index is 14.7. The second-order valence-electron chi connectivity index (χ2n) is 18.1. The van der Waals surface area contributed by atoms with E-state index in [1.165, 1.54) is 4.90 Å². The molecule has 5 amide bonds. The van der Waals surface area contributed by atoms with Crippen molar-refractivity contribution < 1.29 is 24.0 Å². The van der Waals surface area contributed by atoms with Crippen molar-refractivity contribution in [1.82, 2.24) is 20.9 Å². The number of Topliss-reactive ketones (excluding diaryl/α,β-unsaturated/α-hetero) is 1. The van der Waals surface area contributed by atoms with Gasteiger partial charge < -0.3 is 31.9 Å². The molecule has 5 atom stereocenters. The quantitative estimate of drug-likeness (QED) is 0.134. The molecule has 1 unspecified atom stereocenters. The highest BCUT2D eigenvalue weighted by atomic mass is 16.2. The predicted octanol–water partition coefficient (Wildman–Crippen LogP) is 3.25. The second-order valence-corrected chi connectivity index (χ2v) is 18.1. The van der Waals surface area contributed by atoms with Crippen LogP contribution in [0.4, 0.5) is 10.5 Å². The summed E-state index contributed by atoms with van der Waals surface area (Å²) in [6, 6.07) is -4.46. The molecule has 3 fully saturated rings. The van der Waals surface area contributed by atoms with Gasteiger partial charge in [0.15, 0.2) is 0 Å². The molecule has 13 nitrogen and oxygen atoms in total. The number of hydrogen-bond donors (Lipinski definition) is 5. The molecule has 0 bridgehead atoms. The molecule has 1 aromatic carbocycles. The molecule has 3 aliphatic rings. The number of urea groups is 1. The molecular formula is C39H60N6O7. The zero-order chi connectivity index (χ0) is 39.1. The van der Waals surface area contributed by atoms with Crippen LogP contribution in [0.5, 0.6) is 0 Å². The van der Waals surface area contributed by atoms with Crippen LogP contribution in [0.2, 0.25) is 0 Å². The van der Waals surface area contributed by atoms with Gasteiger partial charge in [0.25, 0.3) is 5.91 Å². The van der Waals surface area contributed by atoms with Crippen LogP contribution < -0.4 is 37.9 Å². The molecule has 288 valence electrons. The fraction of sp³-hybridized carbons (Fsp3) is 0.718. The first-order valence-corrected chi connectivity index (χ1v) is 18.8. The van der Waals surface area contributed by atoms with E-state index >= 15 is 0 Å². The van der Waals surface area contributed by atoms with E-state index in [1.54, 1.807) is 0 Å². The fourth-order valence-corrected chi connectivity index (χ4v) is 7.32. The smallest absolute Gasteiger partial charge is 0.315 e. The van der Waals surface area contributed by atoms with Crippen molar-refractivity contribution in [2.24, 2.45) is 33.8 Å². The SMILES string of the molecule is C=C1[C@@H](C(=O)NC(CC2CCC2)C(=O)C(N)=O)N(C(=O)[C@@H](NC(=O)N[C@H](CNc2c(C3CC3)c(=O)c2=O)C(C)(C)C)C(C)(C)C)C[C@@H]1C(C)(C)CC. The summed E-state index contributed by atoms with van der Waals surface area (Å²) in [4.78, 5) is 93.3. The van der Waals surface area contributed by atoms with Crippen molar-refractivity contribution in [1.29, 1.82) is 0 Å². The third-order valence-electron chi connectivity index (χ3n) is 11.7. The average molecular weight is 725 g/mol. The molecule has 6 N–H and O–H groups in total. The highest BCUT2D eigenvalue weighted by Crippen LogP contribution is 2.44. The topological polar surface area (TPSA) is 197 Å². The molecule has 2 aliphatic carbocycles. The zero-order valence-corrected chi connectivity index (χ0v) is 32.5. The summed E-state index contributed by atoms with van der Waals surface area (Å²) in [7, 11) is 0. The maximum Gasteiger partial charge on any atom is 0.315 e. The molecule has 0 spiro atoms. The van der Waals surface area contributed by atoms with Gasteiger partial charge in [-0.25, -0.2) is 4.79 Å². The molecule has 0 aromatic heterocycles. The molecule has 0 radical (unpaired) electrons. The normalized spacial score (nSPS) is 21.6. The van der Waals surface area contributed by atoms with E-state index in [4.69, 9.17) is 5.73 Å². The van der Waals surface area contributed by atoms with Crippen molar-refractivity contribution in [3.63, 3.8) is 0 Å². The monoisotopic (exact) mass is 724 g/mol. The van der Waals surface area contributed by atoms with E-state index in [9.17, 15) is 33.6 Å². The number of ketones is 1. The van der Waals surface area contributed by atoms with Crippen molar-refractivity contribution in [3.8, 4) is 0 Å². The van der Waals surface area contributed by atoms with Gasteiger partial charge in [0.2, 0.25) is 28.5 Å². The Morgan fingerprint density at radius 2 is 1.50 bits per heavy atom. The van der Waals surface area contributed by atoms with Gasteiger partial charge in [0, 0.05) is 24.6 Å². The van der Waals surface area contributed by atoms with Gasteiger partial charge in [-0.05, 0) is 52.9 Å². The van der Waals surface area contributed by atoms with Crippen molar-refractivity contribution in [3.05, 3.63) is 38.2 Å². The highest BCUT2D eigenvalue weighted by molar-refractivity contribution is 6.37. The first-order valence-electron chi connectivity index (χ1n) is 18.8. The maximum atomic E-state index is 14.7. The number of carbonyl (C=O) groups is 5. The number of hydrogen-bond acceptors (Lipinski definition) is 8. The number of amides is 5. The molecule has 52 heavy (non-hydrogen) atoms. The summed E-state index contributed by atoms with van der Waals surface area (Å²) >= 11 is 0. The van der Waals surface area contributed by atoms with Gasteiger partial charge in [-0.3, -0.25) is 28.8 Å². The van der Waals surface area contributed by atoms with Gasteiger partial charge in [-0.2, -0.15) is 0 Å². The van der Waals surface area contributed by atoms with Gasteiger partial charge in [-0.15, -0.1) is 0 Å². The third-order valence-corrected chi connectivity index (χ3v) is 11.7. The Morgan fingerprint density at radius 3 is 1.98 bits per heavy atom. The summed E-state index contributed by atoms with van der Waals surface area (Å²) in [5, 5.41) is 11.7. The van der Waals surface area contributed by atoms with Gasteiger partial charge in [-0.1, -0.05) is 94.6 Å². The lowest BCUT2D eigenvalue weighted by Crippen LogP contribution is -2.61. The van der Waals surface area contributed by atoms with Crippen LogP contribution in [0.25, 0.3) is 0 Å². The third kappa shape index (κ3) is 8.77. The summed E-state index contributed by atoms with van der Waals surface area (Å²) in [5.41, 5.74) is 4.16. The standard InChI is InChI=1S/C39H60N6O7/c1-11-39(9,10)23-19-45(28(20(23)2)34(50)42-24(29(46)33(40)49)17-21-13-12-14-21)35(51)32(38(6,7)8)44-36(52)43-25(37(3,4)5)18-41-27-26(22-15-16-22)30(47)31(27)48/h21-25,28,32,41H,2,11-19H2,1,3-10H3,(H2,40,49)(H,42,50)(H2,43,44,52)/t23-,24?,25+,28-,32+/m0/s1. The van der Waals surface area contributed by atoms with Crippen LogP contribution in [-0.2, 0) is 19.2 Å². The van der Waals surface area contributed by atoms with Crippen LogP contribution in [0, 0.1) is 28.1 Å².